The van der Waals surface area contributed by atoms with Crippen LogP contribution in [0.3, 0.4) is 0 Å². The molecule has 0 radical (unpaired) electrons. The van der Waals surface area contributed by atoms with Gasteiger partial charge in [0.25, 0.3) is 5.91 Å². The van der Waals surface area contributed by atoms with Crippen LogP contribution in [0.25, 0.3) is 11.3 Å². The van der Waals surface area contributed by atoms with E-state index in [4.69, 9.17) is 0 Å². The van der Waals surface area contributed by atoms with Crippen molar-refractivity contribution in [1.29, 1.82) is 0 Å². The Kier molecular flexibility index (Phi) is 6.93. The molecular formula is C25H19F3N4OS. The van der Waals surface area contributed by atoms with Gasteiger partial charge in [-0.15, -0.1) is 0 Å². The molecule has 4 aromatic rings. The van der Waals surface area contributed by atoms with Crippen LogP contribution in [0.2, 0.25) is 0 Å². The van der Waals surface area contributed by atoms with Gasteiger partial charge in [-0.1, -0.05) is 30.8 Å². The lowest BCUT2D eigenvalue weighted by Crippen LogP contribution is -2.13. The van der Waals surface area contributed by atoms with E-state index in [9.17, 15) is 18.0 Å². The van der Waals surface area contributed by atoms with Crippen LogP contribution >= 0.6 is 11.8 Å². The van der Waals surface area contributed by atoms with Crippen LogP contribution in [-0.2, 0) is 12.6 Å². The molecule has 0 aliphatic rings. The Bertz CT molecular complexity index is 1330. The molecule has 0 atom stereocenters. The number of pyridine rings is 1. The van der Waals surface area contributed by atoms with Gasteiger partial charge in [0.15, 0.2) is 0 Å². The van der Waals surface area contributed by atoms with Gasteiger partial charge < -0.3 is 5.32 Å². The molecule has 0 saturated heterocycles. The number of carbonyl (C=O) groups excluding carboxylic acids is 1. The number of rotatable bonds is 6. The minimum absolute atomic E-state index is 0.0698. The molecule has 34 heavy (non-hydrogen) atoms. The number of halogens is 3. The first-order valence-electron chi connectivity index (χ1n) is 10.4. The monoisotopic (exact) mass is 480 g/mol. The molecule has 0 saturated carbocycles. The summed E-state index contributed by atoms with van der Waals surface area (Å²) in [6.07, 6.45) is -0.391. The second-order valence-corrected chi connectivity index (χ2v) is 8.29. The summed E-state index contributed by atoms with van der Waals surface area (Å²) in [6.45, 7) is 1.98. The van der Waals surface area contributed by atoms with E-state index < -0.39 is 17.6 Å². The van der Waals surface area contributed by atoms with E-state index in [0.717, 1.165) is 34.1 Å². The van der Waals surface area contributed by atoms with E-state index >= 15 is 0 Å². The van der Waals surface area contributed by atoms with E-state index in [-0.39, 0.29) is 5.69 Å². The van der Waals surface area contributed by atoms with E-state index in [0.29, 0.717) is 17.0 Å². The number of aryl methyl sites for hydroxylation is 1. The van der Waals surface area contributed by atoms with Gasteiger partial charge in [-0.25, -0.2) is 15.0 Å². The highest BCUT2D eigenvalue weighted by molar-refractivity contribution is 7.99. The molecule has 0 spiro atoms. The first kappa shape index (κ1) is 23.4. The Labute approximate surface area is 198 Å². The highest BCUT2D eigenvalue weighted by Gasteiger charge is 2.30. The van der Waals surface area contributed by atoms with Crippen LogP contribution in [0, 0.1) is 0 Å². The third kappa shape index (κ3) is 5.60. The van der Waals surface area contributed by atoms with Crippen molar-refractivity contribution in [3.05, 3.63) is 96.1 Å². The van der Waals surface area contributed by atoms with Crippen molar-refractivity contribution in [3.63, 3.8) is 0 Å². The van der Waals surface area contributed by atoms with Gasteiger partial charge in [0.05, 0.1) is 11.3 Å². The van der Waals surface area contributed by atoms with Crippen molar-refractivity contribution in [2.45, 2.75) is 29.4 Å². The second kappa shape index (κ2) is 10.0. The topological polar surface area (TPSA) is 67.8 Å². The zero-order chi connectivity index (χ0) is 24.1. The van der Waals surface area contributed by atoms with Crippen molar-refractivity contribution >= 4 is 23.4 Å². The lowest BCUT2D eigenvalue weighted by atomic mass is 10.1. The third-order valence-electron chi connectivity index (χ3n) is 4.83. The van der Waals surface area contributed by atoms with Gasteiger partial charge in [0.1, 0.15) is 10.9 Å². The molecule has 172 valence electrons. The van der Waals surface area contributed by atoms with E-state index in [1.54, 1.807) is 30.6 Å². The smallest absolute Gasteiger partial charge is 0.322 e. The van der Waals surface area contributed by atoms with Gasteiger partial charge in [-0.05, 0) is 54.6 Å². The number of hydrogen-bond acceptors (Lipinski definition) is 5. The fraction of sp³-hybridized carbons (Fsp3) is 0.120. The molecule has 0 aliphatic carbocycles. The Morgan fingerprint density at radius 2 is 1.79 bits per heavy atom. The second-order valence-electron chi connectivity index (χ2n) is 7.23. The highest BCUT2D eigenvalue weighted by atomic mass is 32.2. The zero-order valence-corrected chi connectivity index (χ0v) is 18.8. The van der Waals surface area contributed by atoms with Gasteiger partial charge in [0, 0.05) is 40.5 Å². The molecular weight excluding hydrogens is 461 g/mol. The van der Waals surface area contributed by atoms with E-state index in [1.165, 1.54) is 23.9 Å². The van der Waals surface area contributed by atoms with Crippen LogP contribution in [0.15, 0.2) is 89.0 Å². The zero-order valence-electron chi connectivity index (χ0n) is 18.0. The number of nitrogens with zero attached hydrogens (tertiary/aromatic N) is 3. The molecule has 2 heterocycles. The van der Waals surface area contributed by atoms with E-state index in [1.807, 2.05) is 31.2 Å². The number of hydrogen-bond donors (Lipinski definition) is 1. The molecule has 5 nitrogen and oxygen atoms in total. The maximum Gasteiger partial charge on any atom is 0.416 e. The van der Waals surface area contributed by atoms with Crippen molar-refractivity contribution in [2.24, 2.45) is 0 Å². The summed E-state index contributed by atoms with van der Waals surface area (Å²) in [5, 5.41) is 3.24. The number of benzene rings is 2. The summed E-state index contributed by atoms with van der Waals surface area (Å²) in [7, 11) is 0. The number of carbonyl (C=O) groups is 1. The average Bonchev–Trinajstić information content (AvgIpc) is 2.84. The first-order valence-corrected chi connectivity index (χ1v) is 11.2. The number of alkyl halides is 3. The molecule has 0 bridgehead atoms. The predicted octanol–water partition coefficient (Wildman–Crippen LogP) is 6.52. The average molecular weight is 481 g/mol. The van der Waals surface area contributed by atoms with Gasteiger partial charge >= 0.3 is 6.18 Å². The molecule has 0 aliphatic heterocycles. The van der Waals surface area contributed by atoms with Crippen molar-refractivity contribution in [1.82, 2.24) is 15.0 Å². The molecule has 0 fully saturated rings. The minimum Gasteiger partial charge on any atom is -0.322 e. The standard InChI is InChI=1S/C25H19F3N4OS/c1-2-22-29-13-11-21(32-22)20-10-5-12-30-24(20)34-19-9-3-6-16(14-19)23(33)31-18-8-4-7-17(15-18)25(26,27)28/h3-15H,2H2,1H3,(H,31,33). The van der Waals surface area contributed by atoms with Crippen molar-refractivity contribution in [2.75, 3.05) is 5.32 Å². The maximum absolute atomic E-state index is 13.0. The molecule has 1 amide bonds. The molecule has 4 rings (SSSR count). The summed E-state index contributed by atoms with van der Waals surface area (Å²) in [4.78, 5) is 26.7. The van der Waals surface area contributed by atoms with Crippen LogP contribution in [0.1, 0.15) is 28.7 Å². The highest BCUT2D eigenvalue weighted by Crippen LogP contribution is 2.34. The normalized spacial score (nSPS) is 11.3. The molecule has 9 heteroatoms. The molecule has 0 unspecified atom stereocenters. The quantitative estimate of drug-likeness (QED) is 0.340. The van der Waals surface area contributed by atoms with Crippen molar-refractivity contribution in [3.8, 4) is 11.3 Å². The Morgan fingerprint density at radius 1 is 0.971 bits per heavy atom. The van der Waals surface area contributed by atoms with Gasteiger partial charge in [0.2, 0.25) is 0 Å². The summed E-state index contributed by atoms with van der Waals surface area (Å²) in [5.41, 5.74) is 1.15. The maximum atomic E-state index is 13.0. The number of anilines is 1. The summed E-state index contributed by atoms with van der Waals surface area (Å²) in [5.74, 6) is 0.219. The lowest BCUT2D eigenvalue weighted by Gasteiger charge is -2.11. The van der Waals surface area contributed by atoms with Gasteiger partial charge in [-0.2, -0.15) is 13.2 Å². The van der Waals surface area contributed by atoms with Crippen molar-refractivity contribution < 1.29 is 18.0 Å². The largest absolute Gasteiger partial charge is 0.416 e. The minimum atomic E-state index is -4.49. The number of aromatic nitrogens is 3. The first-order chi connectivity index (χ1) is 16.3. The molecule has 2 aromatic carbocycles. The fourth-order valence-corrected chi connectivity index (χ4v) is 4.13. The fourth-order valence-electron chi connectivity index (χ4n) is 3.18. The lowest BCUT2D eigenvalue weighted by molar-refractivity contribution is -0.137. The van der Waals surface area contributed by atoms with Gasteiger partial charge in [-0.3, -0.25) is 4.79 Å². The summed E-state index contributed by atoms with van der Waals surface area (Å²) >= 11 is 1.37. The summed E-state index contributed by atoms with van der Waals surface area (Å²) in [6, 6.07) is 16.9. The Hall–Kier alpha value is -3.72. The predicted molar refractivity (Wildman–Crippen MR) is 125 cm³/mol. The SMILES string of the molecule is CCc1nccc(-c2cccnc2Sc2cccc(C(=O)Nc3cccc(C(F)(F)F)c3)c2)n1. The Morgan fingerprint density at radius 3 is 2.59 bits per heavy atom. The molecule has 2 aromatic heterocycles. The Balaban J connectivity index is 1.56. The molecule has 1 N–H and O–H groups in total. The number of amides is 1. The van der Waals surface area contributed by atoms with Crippen LogP contribution in [0.5, 0.6) is 0 Å². The van der Waals surface area contributed by atoms with E-state index in [2.05, 4.69) is 20.3 Å². The van der Waals surface area contributed by atoms with Crippen LogP contribution in [0.4, 0.5) is 18.9 Å². The van der Waals surface area contributed by atoms with Crippen LogP contribution in [-0.4, -0.2) is 20.9 Å². The van der Waals surface area contributed by atoms with Crippen LogP contribution < -0.4 is 5.32 Å². The third-order valence-corrected chi connectivity index (χ3v) is 5.84. The summed E-state index contributed by atoms with van der Waals surface area (Å²) < 4.78 is 38.9. The number of nitrogens with one attached hydrogen (secondary N) is 1.